The first kappa shape index (κ1) is 17.4. The highest BCUT2D eigenvalue weighted by Gasteiger charge is 2.14. The van der Waals surface area contributed by atoms with Gasteiger partial charge in [0, 0.05) is 22.4 Å². The van der Waals surface area contributed by atoms with E-state index in [0.29, 0.717) is 21.6 Å². The molecule has 0 aliphatic carbocycles. The molecule has 0 saturated carbocycles. The van der Waals surface area contributed by atoms with Crippen molar-refractivity contribution in [1.29, 1.82) is 0 Å². The van der Waals surface area contributed by atoms with Gasteiger partial charge in [-0.2, -0.15) is 5.10 Å². The van der Waals surface area contributed by atoms with E-state index in [-0.39, 0.29) is 0 Å². The van der Waals surface area contributed by atoms with E-state index in [4.69, 9.17) is 23.2 Å². The number of nitrogens with zero attached hydrogens (tertiary/aromatic N) is 3. The van der Waals surface area contributed by atoms with Gasteiger partial charge in [-0.1, -0.05) is 60.5 Å². The van der Waals surface area contributed by atoms with E-state index < -0.39 is 0 Å². The number of hydrogen-bond donors (Lipinski definition) is 1. The highest BCUT2D eigenvalue weighted by molar-refractivity contribution is 6.33. The Kier molecular flexibility index (Phi) is 5.64. The first-order chi connectivity index (χ1) is 12.2. The molecule has 2 aromatic carbocycles. The van der Waals surface area contributed by atoms with Crippen molar-refractivity contribution in [2.45, 2.75) is 13.3 Å². The number of aromatic nitrogens is 2. The van der Waals surface area contributed by atoms with E-state index in [9.17, 15) is 0 Å². The Balaban J connectivity index is 2.12. The van der Waals surface area contributed by atoms with Gasteiger partial charge in [-0.15, -0.1) is 10.2 Å². The Morgan fingerprint density at radius 3 is 2.48 bits per heavy atom. The molecule has 1 aromatic heterocycles. The first-order valence-corrected chi connectivity index (χ1v) is 8.60. The molecule has 0 bridgehead atoms. The van der Waals surface area contributed by atoms with Crippen LogP contribution in [-0.4, -0.2) is 16.4 Å². The maximum absolute atomic E-state index is 6.36. The maximum atomic E-state index is 6.36. The predicted molar refractivity (Wildman–Crippen MR) is 105 cm³/mol. The van der Waals surface area contributed by atoms with Crippen molar-refractivity contribution in [2.75, 3.05) is 5.43 Å². The zero-order chi connectivity index (χ0) is 17.6. The van der Waals surface area contributed by atoms with Crippen molar-refractivity contribution in [3.8, 4) is 22.4 Å². The van der Waals surface area contributed by atoms with Crippen LogP contribution in [0.25, 0.3) is 22.4 Å². The van der Waals surface area contributed by atoms with Crippen LogP contribution in [0.15, 0.2) is 59.7 Å². The standard InChI is InChI=1S/C19H16Cl2N4/c1-2-11-22-23-18-12-16(13-7-9-14(20)10-8-13)19(25-24-18)15-5-3-4-6-17(15)21/h3-12H,2H2,1H3,(H,23,24)/b22-11+. The molecule has 0 saturated heterocycles. The Morgan fingerprint density at radius 2 is 1.76 bits per heavy atom. The molecule has 3 rings (SSSR count). The third kappa shape index (κ3) is 4.16. The molecule has 6 heteroatoms. The number of anilines is 1. The molecule has 4 nitrogen and oxygen atoms in total. The molecular formula is C19H16Cl2N4. The van der Waals surface area contributed by atoms with Gasteiger partial charge in [0.15, 0.2) is 5.82 Å². The molecule has 1 N–H and O–H groups in total. The number of rotatable bonds is 5. The van der Waals surface area contributed by atoms with Crippen molar-refractivity contribution in [1.82, 2.24) is 10.2 Å². The molecule has 0 amide bonds. The predicted octanol–water partition coefficient (Wildman–Crippen LogP) is 5.93. The number of halogens is 2. The lowest BCUT2D eigenvalue weighted by atomic mass is 10.00. The van der Waals surface area contributed by atoms with E-state index in [1.54, 1.807) is 6.21 Å². The molecule has 0 spiro atoms. The van der Waals surface area contributed by atoms with Gasteiger partial charge in [-0.05, 0) is 36.2 Å². The van der Waals surface area contributed by atoms with Gasteiger partial charge >= 0.3 is 0 Å². The highest BCUT2D eigenvalue weighted by atomic mass is 35.5. The molecule has 0 atom stereocenters. The molecule has 0 aliphatic heterocycles. The SMILES string of the molecule is CC/C=N/Nc1cc(-c2ccc(Cl)cc2)c(-c2ccccc2Cl)nn1. The number of hydrazone groups is 1. The molecule has 0 radical (unpaired) electrons. The summed E-state index contributed by atoms with van der Waals surface area (Å²) < 4.78 is 0. The second-order valence-electron chi connectivity index (χ2n) is 5.31. The molecule has 0 fully saturated rings. The van der Waals surface area contributed by atoms with Gasteiger partial charge in [0.05, 0.1) is 5.02 Å². The summed E-state index contributed by atoms with van der Waals surface area (Å²) in [5, 5.41) is 14.0. The maximum Gasteiger partial charge on any atom is 0.169 e. The van der Waals surface area contributed by atoms with Crippen LogP contribution in [0.5, 0.6) is 0 Å². The van der Waals surface area contributed by atoms with Gasteiger partial charge in [-0.25, -0.2) is 0 Å². The lowest BCUT2D eigenvalue weighted by Crippen LogP contribution is -1.99. The van der Waals surface area contributed by atoms with Crippen LogP contribution in [0, 0.1) is 0 Å². The Hall–Kier alpha value is -2.43. The fourth-order valence-corrected chi connectivity index (χ4v) is 2.70. The van der Waals surface area contributed by atoms with Crippen LogP contribution in [-0.2, 0) is 0 Å². The molecule has 126 valence electrons. The van der Waals surface area contributed by atoms with Crippen molar-refractivity contribution in [2.24, 2.45) is 5.10 Å². The fraction of sp³-hybridized carbons (Fsp3) is 0.105. The Labute approximate surface area is 156 Å². The first-order valence-electron chi connectivity index (χ1n) is 7.85. The van der Waals surface area contributed by atoms with Gasteiger partial charge in [0.2, 0.25) is 0 Å². The smallest absolute Gasteiger partial charge is 0.169 e. The highest BCUT2D eigenvalue weighted by Crippen LogP contribution is 2.35. The quantitative estimate of drug-likeness (QED) is 0.447. The monoisotopic (exact) mass is 370 g/mol. The van der Waals surface area contributed by atoms with Gasteiger partial charge < -0.3 is 0 Å². The largest absolute Gasteiger partial charge is 0.260 e. The Morgan fingerprint density at radius 1 is 1.00 bits per heavy atom. The topological polar surface area (TPSA) is 50.2 Å². The third-order valence-electron chi connectivity index (χ3n) is 3.53. The van der Waals surface area contributed by atoms with Gasteiger partial charge in [0.1, 0.15) is 5.69 Å². The van der Waals surface area contributed by atoms with Crippen molar-refractivity contribution in [3.05, 3.63) is 64.6 Å². The van der Waals surface area contributed by atoms with Gasteiger partial charge in [-0.3, -0.25) is 5.43 Å². The summed E-state index contributed by atoms with van der Waals surface area (Å²) in [5.41, 5.74) is 6.29. The van der Waals surface area contributed by atoms with Crippen molar-refractivity contribution in [3.63, 3.8) is 0 Å². The van der Waals surface area contributed by atoms with Crippen LogP contribution >= 0.6 is 23.2 Å². The zero-order valence-electron chi connectivity index (χ0n) is 13.6. The summed E-state index contributed by atoms with van der Waals surface area (Å²) in [4.78, 5) is 0. The lowest BCUT2D eigenvalue weighted by molar-refractivity contribution is 1.03. The van der Waals surface area contributed by atoms with Crippen LogP contribution < -0.4 is 5.43 Å². The van der Waals surface area contributed by atoms with Crippen molar-refractivity contribution >= 4 is 35.2 Å². The average molecular weight is 371 g/mol. The second-order valence-corrected chi connectivity index (χ2v) is 6.15. The van der Waals surface area contributed by atoms with Crippen LogP contribution in [0.1, 0.15) is 13.3 Å². The summed E-state index contributed by atoms with van der Waals surface area (Å²) in [5.74, 6) is 0.561. The minimum Gasteiger partial charge on any atom is -0.260 e. The molecule has 25 heavy (non-hydrogen) atoms. The van der Waals surface area contributed by atoms with Crippen LogP contribution in [0.4, 0.5) is 5.82 Å². The Bertz CT molecular complexity index is 892. The van der Waals surface area contributed by atoms with E-state index in [2.05, 4.69) is 20.7 Å². The average Bonchev–Trinajstić information content (AvgIpc) is 2.63. The number of benzene rings is 2. The summed E-state index contributed by atoms with van der Waals surface area (Å²) in [6.07, 6.45) is 2.60. The normalized spacial score (nSPS) is 11.0. The van der Waals surface area contributed by atoms with Crippen LogP contribution in [0.3, 0.4) is 0 Å². The van der Waals surface area contributed by atoms with E-state index in [0.717, 1.165) is 23.1 Å². The zero-order valence-corrected chi connectivity index (χ0v) is 15.1. The molecule has 0 aliphatic rings. The number of nitrogens with one attached hydrogen (secondary N) is 1. The summed E-state index contributed by atoms with van der Waals surface area (Å²) >= 11 is 12.4. The third-order valence-corrected chi connectivity index (χ3v) is 4.11. The molecule has 1 heterocycles. The van der Waals surface area contributed by atoms with Crippen molar-refractivity contribution < 1.29 is 0 Å². The van der Waals surface area contributed by atoms with Gasteiger partial charge in [0.25, 0.3) is 0 Å². The molecule has 3 aromatic rings. The minimum absolute atomic E-state index is 0.561. The summed E-state index contributed by atoms with van der Waals surface area (Å²) in [7, 11) is 0. The van der Waals surface area contributed by atoms with E-state index >= 15 is 0 Å². The lowest BCUT2D eigenvalue weighted by Gasteiger charge is -2.11. The number of hydrogen-bond acceptors (Lipinski definition) is 4. The van der Waals surface area contributed by atoms with E-state index in [1.807, 2.05) is 61.5 Å². The summed E-state index contributed by atoms with van der Waals surface area (Å²) in [6, 6.07) is 17.0. The molecular weight excluding hydrogens is 355 g/mol. The fourth-order valence-electron chi connectivity index (χ4n) is 2.35. The minimum atomic E-state index is 0.561. The van der Waals surface area contributed by atoms with E-state index in [1.165, 1.54) is 0 Å². The molecule has 0 unspecified atom stereocenters. The van der Waals surface area contributed by atoms with Crippen LogP contribution in [0.2, 0.25) is 10.0 Å². The summed E-state index contributed by atoms with van der Waals surface area (Å²) in [6.45, 7) is 2.01. The second kappa shape index (κ2) is 8.10.